The fourth-order valence-electron chi connectivity index (χ4n) is 3.98. The molecule has 7 nitrogen and oxygen atoms in total. The SMILES string of the molecule is CCN(CCC#N)c1ccc(/C=N\N2C(=O)NC3(CCCCC3)C2=O)c(C)c1. The molecule has 2 fully saturated rings. The number of benzene rings is 1. The summed E-state index contributed by atoms with van der Waals surface area (Å²) in [7, 11) is 0. The van der Waals surface area contributed by atoms with Gasteiger partial charge in [-0.15, -0.1) is 5.01 Å². The Labute approximate surface area is 166 Å². The Morgan fingerprint density at radius 2 is 2.07 bits per heavy atom. The molecule has 0 bridgehead atoms. The van der Waals surface area contributed by atoms with Crippen LogP contribution in [0.1, 0.15) is 56.6 Å². The molecule has 148 valence electrons. The molecule has 7 heteroatoms. The van der Waals surface area contributed by atoms with Gasteiger partial charge in [0.05, 0.1) is 18.7 Å². The average molecular weight is 381 g/mol. The minimum Gasteiger partial charge on any atom is -0.371 e. The van der Waals surface area contributed by atoms with Crippen LogP contribution in [0.5, 0.6) is 0 Å². The van der Waals surface area contributed by atoms with E-state index in [-0.39, 0.29) is 5.91 Å². The van der Waals surface area contributed by atoms with E-state index in [0.29, 0.717) is 25.8 Å². The maximum Gasteiger partial charge on any atom is 0.346 e. The lowest BCUT2D eigenvalue weighted by Crippen LogP contribution is -2.48. The van der Waals surface area contributed by atoms with Crippen LogP contribution in [0.4, 0.5) is 10.5 Å². The average Bonchev–Trinajstić information content (AvgIpc) is 2.91. The molecular formula is C21H27N5O2. The van der Waals surface area contributed by atoms with Crippen molar-refractivity contribution in [3.63, 3.8) is 0 Å². The van der Waals surface area contributed by atoms with Gasteiger partial charge in [0.25, 0.3) is 5.91 Å². The molecule has 1 aliphatic carbocycles. The predicted octanol–water partition coefficient (Wildman–Crippen LogP) is 3.32. The molecule has 3 amide bonds. The Morgan fingerprint density at radius 3 is 2.71 bits per heavy atom. The van der Waals surface area contributed by atoms with Gasteiger partial charge in [-0.1, -0.05) is 25.3 Å². The molecule has 0 aromatic heterocycles. The van der Waals surface area contributed by atoms with Crippen molar-refractivity contribution < 1.29 is 9.59 Å². The second-order valence-corrected chi connectivity index (χ2v) is 7.46. The molecule has 1 aliphatic heterocycles. The normalized spacial score (nSPS) is 18.5. The summed E-state index contributed by atoms with van der Waals surface area (Å²) in [4.78, 5) is 27.2. The van der Waals surface area contributed by atoms with Crippen LogP contribution in [0, 0.1) is 18.3 Å². The smallest absolute Gasteiger partial charge is 0.346 e. The van der Waals surface area contributed by atoms with Gasteiger partial charge in [-0.05, 0) is 49.9 Å². The molecule has 1 aromatic rings. The molecule has 1 saturated heterocycles. The molecule has 3 rings (SSSR count). The van der Waals surface area contributed by atoms with Crippen molar-refractivity contribution in [1.82, 2.24) is 10.3 Å². The topological polar surface area (TPSA) is 88.8 Å². The van der Waals surface area contributed by atoms with Gasteiger partial charge in [0.1, 0.15) is 5.54 Å². The van der Waals surface area contributed by atoms with Crippen LogP contribution >= 0.6 is 0 Å². The first-order valence-electron chi connectivity index (χ1n) is 9.94. The van der Waals surface area contributed by atoms with Crippen molar-refractivity contribution in [2.24, 2.45) is 5.10 Å². The number of imide groups is 1. The maximum atomic E-state index is 12.8. The van der Waals surface area contributed by atoms with Crippen molar-refractivity contribution >= 4 is 23.8 Å². The van der Waals surface area contributed by atoms with Crippen molar-refractivity contribution in [2.75, 3.05) is 18.0 Å². The Kier molecular flexibility index (Phi) is 5.98. The number of carbonyl (C=O) groups excluding carboxylic acids is 2. The second-order valence-electron chi connectivity index (χ2n) is 7.46. The summed E-state index contributed by atoms with van der Waals surface area (Å²) in [6.45, 7) is 5.53. The molecule has 2 aliphatic rings. The van der Waals surface area contributed by atoms with Gasteiger partial charge in [0, 0.05) is 18.8 Å². The highest BCUT2D eigenvalue weighted by Crippen LogP contribution is 2.33. The number of nitriles is 1. The first-order chi connectivity index (χ1) is 13.5. The van der Waals surface area contributed by atoms with Gasteiger partial charge >= 0.3 is 6.03 Å². The number of anilines is 1. The summed E-state index contributed by atoms with van der Waals surface area (Å²) in [5, 5.41) is 16.8. The highest BCUT2D eigenvalue weighted by molar-refractivity contribution is 6.07. The van der Waals surface area contributed by atoms with Gasteiger partial charge < -0.3 is 10.2 Å². The van der Waals surface area contributed by atoms with Crippen LogP contribution in [0.3, 0.4) is 0 Å². The van der Waals surface area contributed by atoms with Gasteiger partial charge in [-0.25, -0.2) is 4.79 Å². The quantitative estimate of drug-likeness (QED) is 0.605. The molecular weight excluding hydrogens is 354 g/mol. The fourth-order valence-corrected chi connectivity index (χ4v) is 3.98. The van der Waals surface area contributed by atoms with E-state index in [9.17, 15) is 9.59 Å². The maximum absolute atomic E-state index is 12.8. The van der Waals surface area contributed by atoms with Gasteiger partial charge in [0.2, 0.25) is 0 Å². The van der Waals surface area contributed by atoms with Crippen molar-refractivity contribution in [3.05, 3.63) is 29.3 Å². The summed E-state index contributed by atoms with van der Waals surface area (Å²) in [6.07, 6.45) is 6.42. The summed E-state index contributed by atoms with van der Waals surface area (Å²) in [5.41, 5.74) is 2.14. The Hall–Kier alpha value is -2.88. The summed E-state index contributed by atoms with van der Waals surface area (Å²) in [6, 6.07) is 7.68. The van der Waals surface area contributed by atoms with Gasteiger partial charge in [-0.3, -0.25) is 4.79 Å². The minimum absolute atomic E-state index is 0.239. The van der Waals surface area contributed by atoms with E-state index in [1.165, 1.54) is 0 Å². The van der Waals surface area contributed by atoms with Crippen LogP contribution in [0.2, 0.25) is 0 Å². The number of hydrazone groups is 1. The van der Waals surface area contributed by atoms with E-state index in [2.05, 4.69) is 28.3 Å². The fraction of sp³-hybridized carbons (Fsp3) is 0.524. The predicted molar refractivity (Wildman–Crippen MR) is 108 cm³/mol. The number of hydrogen-bond acceptors (Lipinski definition) is 5. The number of urea groups is 1. The third-order valence-electron chi connectivity index (χ3n) is 5.65. The van der Waals surface area contributed by atoms with E-state index in [0.717, 1.165) is 47.6 Å². The number of hydrogen-bond donors (Lipinski definition) is 1. The lowest BCUT2D eigenvalue weighted by molar-refractivity contribution is -0.132. The minimum atomic E-state index is -0.756. The van der Waals surface area contributed by atoms with E-state index in [1.54, 1.807) is 6.21 Å². The summed E-state index contributed by atoms with van der Waals surface area (Å²) in [5.74, 6) is -0.239. The summed E-state index contributed by atoms with van der Waals surface area (Å²) >= 11 is 0. The molecule has 1 heterocycles. The number of nitrogens with one attached hydrogen (secondary N) is 1. The Morgan fingerprint density at radius 1 is 1.32 bits per heavy atom. The third-order valence-corrected chi connectivity index (χ3v) is 5.65. The van der Waals surface area contributed by atoms with Crippen LogP contribution in [-0.2, 0) is 4.79 Å². The molecule has 0 atom stereocenters. The van der Waals surface area contributed by atoms with E-state index < -0.39 is 11.6 Å². The van der Waals surface area contributed by atoms with E-state index >= 15 is 0 Å². The lowest BCUT2D eigenvalue weighted by Gasteiger charge is -2.29. The number of aryl methyl sites for hydroxylation is 1. The zero-order valence-corrected chi connectivity index (χ0v) is 16.6. The van der Waals surface area contributed by atoms with E-state index in [1.807, 2.05) is 25.1 Å². The largest absolute Gasteiger partial charge is 0.371 e. The van der Waals surface area contributed by atoms with Crippen LogP contribution < -0.4 is 10.2 Å². The number of amides is 3. The van der Waals surface area contributed by atoms with E-state index in [4.69, 9.17) is 5.26 Å². The van der Waals surface area contributed by atoms with Crippen LogP contribution in [0.15, 0.2) is 23.3 Å². The first-order valence-corrected chi connectivity index (χ1v) is 9.94. The molecule has 1 N–H and O–H groups in total. The van der Waals surface area contributed by atoms with Crippen LogP contribution in [-0.4, -0.2) is 41.8 Å². The standard InChI is InChI=1S/C21H27N5O2/c1-3-25(13-7-12-22)18-9-8-17(16(2)14-18)15-23-26-19(27)21(24-20(26)28)10-5-4-6-11-21/h8-9,14-15H,3-7,10-11,13H2,1-2H3,(H,24,28)/b23-15-. The highest BCUT2D eigenvalue weighted by Gasteiger charge is 2.51. The number of rotatable bonds is 6. The lowest BCUT2D eigenvalue weighted by atomic mass is 9.82. The number of nitrogens with zero attached hydrogens (tertiary/aromatic N) is 4. The molecule has 0 radical (unpaired) electrons. The van der Waals surface area contributed by atoms with Gasteiger partial charge in [0.15, 0.2) is 0 Å². The molecule has 1 saturated carbocycles. The van der Waals surface area contributed by atoms with Crippen LogP contribution in [0.25, 0.3) is 0 Å². The van der Waals surface area contributed by atoms with Crippen molar-refractivity contribution in [3.8, 4) is 6.07 Å². The highest BCUT2D eigenvalue weighted by atomic mass is 16.2. The zero-order chi connectivity index (χ0) is 20.1. The Balaban J connectivity index is 1.74. The molecule has 1 spiro atoms. The van der Waals surface area contributed by atoms with Gasteiger partial charge in [-0.2, -0.15) is 10.4 Å². The second kappa shape index (κ2) is 8.42. The number of carbonyl (C=O) groups is 2. The Bertz CT molecular complexity index is 821. The molecule has 0 unspecified atom stereocenters. The van der Waals surface area contributed by atoms with Crippen molar-refractivity contribution in [1.29, 1.82) is 5.26 Å². The summed E-state index contributed by atoms with van der Waals surface area (Å²) < 4.78 is 0. The third kappa shape index (κ3) is 3.86. The van der Waals surface area contributed by atoms with Crippen molar-refractivity contribution in [2.45, 2.75) is 57.9 Å². The molecule has 1 aromatic carbocycles. The monoisotopic (exact) mass is 381 g/mol. The molecule has 28 heavy (non-hydrogen) atoms. The zero-order valence-electron chi connectivity index (χ0n) is 16.6. The first kappa shape index (κ1) is 19.9.